The van der Waals surface area contributed by atoms with Crippen molar-refractivity contribution in [2.24, 2.45) is 0 Å². The lowest BCUT2D eigenvalue weighted by atomic mass is 9.99. The molecule has 0 saturated carbocycles. The molecule has 222 valence electrons. The van der Waals surface area contributed by atoms with E-state index in [2.05, 4.69) is 31.3 Å². The molecule has 1 heterocycles. The van der Waals surface area contributed by atoms with Crippen molar-refractivity contribution in [2.45, 2.75) is 140 Å². The van der Waals surface area contributed by atoms with Crippen LogP contribution in [0.15, 0.2) is 24.3 Å². The fourth-order valence-electron chi connectivity index (χ4n) is 4.27. The van der Waals surface area contributed by atoms with Crippen LogP contribution in [0.1, 0.15) is 97.3 Å². The minimum atomic E-state index is -1.56. The van der Waals surface area contributed by atoms with Gasteiger partial charge in [0.05, 0.1) is 25.4 Å². The number of unbranched alkanes of at least 4 members (excludes halogenated alkanes) is 9. The summed E-state index contributed by atoms with van der Waals surface area (Å²) in [6.45, 7) is 3.53. The van der Waals surface area contributed by atoms with Crippen molar-refractivity contribution in [1.82, 2.24) is 5.32 Å². The summed E-state index contributed by atoms with van der Waals surface area (Å²) in [5, 5.41) is 53.1. The van der Waals surface area contributed by atoms with Crippen molar-refractivity contribution in [1.29, 1.82) is 0 Å². The van der Waals surface area contributed by atoms with Crippen LogP contribution in [-0.2, 0) is 14.3 Å². The molecule has 0 aromatic rings. The van der Waals surface area contributed by atoms with E-state index in [4.69, 9.17) is 9.47 Å². The highest BCUT2D eigenvalue weighted by Gasteiger charge is 2.44. The summed E-state index contributed by atoms with van der Waals surface area (Å²) in [7, 11) is 0. The fourth-order valence-corrected chi connectivity index (χ4v) is 4.27. The van der Waals surface area contributed by atoms with Crippen LogP contribution < -0.4 is 5.32 Å². The Bertz CT molecular complexity index is 656. The first-order chi connectivity index (χ1) is 18.3. The van der Waals surface area contributed by atoms with Gasteiger partial charge in [0.1, 0.15) is 24.4 Å². The van der Waals surface area contributed by atoms with Crippen LogP contribution in [0.3, 0.4) is 0 Å². The molecule has 9 heteroatoms. The number of aliphatic hydroxyl groups excluding tert-OH is 5. The molecule has 1 aliphatic rings. The van der Waals surface area contributed by atoms with Crippen LogP contribution in [0.2, 0.25) is 0 Å². The fraction of sp³-hybridized carbons (Fsp3) is 0.828. The SMILES string of the molecule is CCC/C=C\CCCCCCCC(=O)NC(COC1OC(CO)C(O)C(O)C1O)C(O)/C=C/CCCCC. The minimum absolute atomic E-state index is 0.194. The average Bonchev–Trinajstić information content (AvgIpc) is 2.91. The molecule has 1 amide bonds. The second-order valence-electron chi connectivity index (χ2n) is 10.2. The summed E-state index contributed by atoms with van der Waals surface area (Å²) in [4.78, 5) is 12.6. The van der Waals surface area contributed by atoms with Crippen molar-refractivity contribution in [2.75, 3.05) is 13.2 Å². The van der Waals surface area contributed by atoms with Gasteiger partial charge in [-0.05, 0) is 38.5 Å². The summed E-state index contributed by atoms with van der Waals surface area (Å²) in [6.07, 6.45) is 12.8. The number of allylic oxidation sites excluding steroid dienone is 3. The van der Waals surface area contributed by atoms with Crippen molar-refractivity contribution >= 4 is 5.91 Å². The van der Waals surface area contributed by atoms with E-state index in [0.29, 0.717) is 6.42 Å². The molecule has 0 aromatic heterocycles. The van der Waals surface area contributed by atoms with Gasteiger partial charge >= 0.3 is 0 Å². The highest BCUT2D eigenvalue weighted by molar-refractivity contribution is 5.76. The summed E-state index contributed by atoms with van der Waals surface area (Å²) >= 11 is 0. The average molecular weight is 544 g/mol. The van der Waals surface area contributed by atoms with E-state index in [-0.39, 0.29) is 12.5 Å². The number of carbonyl (C=O) groups is 1. The van der Waals surface area contributed by atoms with Gasteiger partial charge in [0.25, 0.3) is 0 Å². The van der Waals surface area contributed by atoms with Crippen LogP contribution in [-0.4, -0.2) is 87.5 Å². The third-order valence-corrected chi connectivity index (χ3v) is 6.75. The van der Waals surface area contributed by atoms with Crippen molar-refractivity contribution in [3.63, 3.8) is 0 Å². The molecule has 0 aliphatic carbocycles. The predicted molar refractivity (Wildman–Crippen MR) is 147 cm³/mol. The van der Waals surface area contributed by atoms with Crippen molar-refractivity contribution in [3.05, 3.63) is 24.3 Å². The predicted octanol–water partition coefficient (Wildman–Crippen LogP) is 2.87. The van der Waals surface area contributed by atoms with E-state index in [1.165, 1.54) is 6.42 Å². The van der Waals surface area contributed by atoms with E-state index >= 15 is 0 Å². The third-order valence-electron chi connectivity index (χ3n) is 6.75. The Morgan fingerprint density at radius 3 is 2.24 bits per heavy atom. The van der Waals surface area contributed by atoms with E-state index < -0.39 is 49.5 Å². The quantitative estimate of drug-likeness (QED) is 0.0956. The molecule has 0 spiro atoms. The van der Waals surface area contributed by atoms with Crippen LogP contribution in [0.4, 0.5) is 0 Å². The van der Waals surface area contributed by atoms with Crippen LogP contribution in [0.25, 0.3) is 0 Å². The number of aliphatic hydroxyl groups is 5. The summed E-state index contributed by atoms with van der Waals surface area (Å²) in [6, 6.07) is -0.799. The smallest absolute Gasteiger partial charge is 0.220 e. The molecule has 1 fully saturated rings. The normalized spacial score (nSPS) is 25.7. The first kappa shape index (κ1) is 34.7. The molecule has 0 aromatic carbocycles. The first-order valence-corrected chi connectivity index (χ1v) is 14.6. The van der Waals surface area contributed by atoms with Crippen molar-refractivity contribution in [3.8, 4) is 0 Å². The van der Waals surface area contributed by atoms with Gasteiger partial charge in [0, 0.05) is 6.42 Å². The Balaban J connectivity index is 2.55. The molecule has 6 N–H and O–H groups in total. The Labute approximate surface area is 228 Å². The molecule has 1 rings (SSSR count). The Morgan fingerprint density at radius 1 is 0.868 bits per heavy atom. The number of carbonyl (C=O) groups excluding carboxylic acids is 1. The zero-order valence-electron chi connectivity index (χ0n) is 23.4. The Hall–Kier alpha value is -1.33. The second kappa shape index (κ2) is 21.5. The van der Waals surface area contributed by atoms with Gasteiger partial charge in [-0.15, -0.1) is 0 Å². The maximum absolute atomic E-state index is 12.6. The van der Waals surface area contributed by atoms with Crippen molar-refractivity contribution < 1.29 is 39.8 Å². The lowest BCUT2D eigenvalue weighted by molar-refractivity contribution is -0.302. The van der Waals surface area contributed by atoms with Crippen LogP contribution in [0, 0.1) is 0 Å². The summed E-state index contributed by atoms with van der Waals surface area (Å²) < 4.78 is 11.0. The Morgan fingerprint density at radius 2 is 1.53 bits per heavy atom. The van der Waals surface area contributed by atoms with E-state index in [0.717, 1.165) is 70.6 Å². The molecule has 1 saturated heterocycles. The molecule has 0 bridgehead atoms. The minimum Gasteiger partial charge on any atom is -0.394 e. The molecule has 38 heavy (non-hydrogen) atoms. The lowest BCUT2D eigenvalue weighted by Gasteiger charge is -2.40. The molecular formula is C29H53NO8. The van der Waals surface area contributed by atoms with Gasteiger partial charge in [-0.2, -0.15) is 0 Å². The second-order valence-corrected chi connectivity index (χ2v) is 10.2. The molecular weight excluding hydrogens is 490 g/mol. The number of hydrogen-bond acceptors (Lipinski definition) is 8. The van der Waals surface area contributed by atoms with Gasteiger partial charge < -0.3 is 40.3 Å². The largest absolute Gasteiger partial charge is 0.394 e. The number of rotatable bonds is 21. The zero-order valence-corrected chi connectivity index (χ0v) is 23.4. The van der Waals surface area contributed by atoms with Crippen LogP contribution in [0.5, 0.6) is 0 Å². The summed E-state index contributed by atoms with van der Waals surface area (Å²) in [5.74, 6) is -0.201. The topological polar surface area (TPSA) is 149 Å². The lowest BCUT2D eigenvalue weighted by Crippen LogP contribution is -2.60. The number of hydrogen-bond donors (Lipinski definition) is 6. The van der Waals surface area contributed by atoms with E-state index in [1.54, 1.807) is 6.08 Å². The zero-order chi connectivity index (χ0) is 28.2. The maximum Gasteiger partial charge on any atom is 0.220 e. The third kappa shape index (κ3) is 14.2. The van der Waals surface area contributed by atoms with E-state index in [9.17, 15) is 30.3 Å². The van der Waals surface area contributed by atoms with Gasteiger partial charge in [-0.1, -0.05) is 76.7 Å². The highest BCUT2D eigenvalue weighted by Crippen LogP contribution is 2.22. The molecule has 1 aliphatic heterocycles. The van der Waals surface area contributed by atoms with Gasteiger partial charge in [-0.3, -0.25) is 4.79 Å². The highest BCUT2D eigenvalue weighted by atomic mass is 16.7. The molecule has 7 atom stereocenters. The molecule has 0 radical (unpaired) electrons. The first-order valence-electron chi connectivity index (χ1n) is 14.6. The molecule has 9 nitrogen and oxygen atoms in total. The summed E-state index contributed by atoms with van der Waals surface area (Å²) in [5.41, 5.74) is 0. The number of ether oxygens (including phenoxy) is 2. The van der Waals surface area contributed by atoms with Crippen LogP contribution >= 0.6 is 0 Å². The van der Waals surface area contributed by atoms with Gasteiger partial charge in [-0.25, -0.2) is 0 Å². The maximum atomic E-state index is 12.6. The standard InChI is InChI=1S/C29H53NO8/c1-3-5-7-9-10-11-12-13-15-17-19-25(33)30-22(23(32)18-16-14-8-6-4-2)21-37-29-28(36)27(35)26(34)24(20-31)38-29/h7,9,16,18,22-24,26-29,31-32,34-36H,3-6,8,10-15,17,19-21H2,1-2H3,(H,30,33)/b9-7-,18-16+. The van der Waals surface area contributed by atoms with Gasteiger partial charge in [0.2, 0.25) is 5.91 Å². The number of amides is 1. The monoisotopic (exact) mass is 543 g/mol. The Kier molecular flexibility index (Phi) is 19.6. The van der Waals surface area contributed by atoms with Gasteiger partial charge in [0.15, 0.2) is 6.29 Å². The van der Waals surface area contributed by atoms with E-state index in [1.807, 2.05) is 6.08 Å². The molecule has 7 unspecified atom stereocenters. The number of nitrogens with one attached hydrogen (secondary N) is 1.